The van der Waals surface area contributed by atoms with Gasteiger partial charge in [0.2, 0.25) is 0 Å². The molecule has 20 heavy (non-hydrogen) atoms. The quantitative estimate of drug-likeness (QED) is 0.936. The molecule has 1 N–H and O–H groups in total. The number of rotatable bonds is 3. The van der Waals surface area contributed by atoms with E-state index in [9.17, 15) is 8.78 Å². The van der Waals surface area contributed by atoms with Crippen LogP contribution >= 0.6 is 0 Å². The number of anilines is 1. The molecule has 0 radical (unpaired) electrons. The smallest absolute Gasteiger partial charge is 0.319 e. The maximum Gasteiger partial charge on any atom is 0.319 e. The topological polar surface area (TPSA) is 33.1 Å². The second-order valence-electron chi connectivity index (χ2n) is 4.76. The molecule has 1 aliphatic heterocycles. The van der Waals surface area contributed by atoms with E-state index in [0.29, 0.717) is 12.4 Å². The van der Waals surface area contributed by atoms with Crippen molar-refractivity contribution < 1.29 is 8.78 Å². The predicted molar refractivity (Wildman–Crippen MR) is 72.7 cm³/mol. The van der Waals surface area contributed by atoms with Gasteiger partial charge in [0, 0.05) is 37.7 Å². The Morgan fingerprint density at radius 2 is 2.15 bits per heavy atom. The number of para-hydroxylation sites is 1. The fourth-order valence-electron chi connectivity index (χ4n) is 2.51. The third-order valence-corrected chi connectivity index (χ3v) is 3.50. The molecule has 2 aromatic rings. The molecule has 3 rings (SSSR count). The van der Waals surface area contributed by atoms with Gasteiger partial charge in [0.05, 0.1) is 6.54 Å². The highest BCUT2D eigenvalue weighted by molar-refractivity contribution is 5.54. The number of nitrogens with zero attached hydrogens (tertiary/aromatic N) is 3. The van der Waals surface area contributed by atoms with Gasteiger partial charge in [0.15, 0.2) is 0 Å². The Bertz CT molecular complexity index is 582. The van der Waals surface area contributed by atoms with Crippen molar-refractivity contribution in [3.05, 3.63) is 48.0 Å². The first kappa shape index (κ1) is 13.1. The third kappa shape index (κ3) is 2.51. The first-order chi connectivity index (χ1) is 9.75. The Balaban J connectivity index is 1.88. The minimum atomic E-state index is -2.55. The molecule has 106 valence electrons. The molecule has 0 spiro atoms. The molecule has 2 heterocycles. The van der Waals surface area contributed by atoms with Gasteiger partial charge in [0.1, 0.15) is 5.82 Å². The van der Waals surface area contributed by atoms with Crippen LogP contribution in [0.15, 0.2) is 36.7 Å². The van der Waals surface area contributed by atoms with Gasteiger partial charge in [0.25, 0.3) is 0 Å². The third-order valence-electron chi connectivity index (χ3n) is 3.50. The van der Waals surface area contributed by atoms with E-state index in [-0.39, 0.29) is 0 Å². The summed E-state index contributed by atoms with van der Waals surface area (Å²) >= 11 is 0. The SMILES string of the molecule is FC(F)n1ccnc1CN1CCNCc2ccccc21. The number of hydrogen-bond donors (Lipinski definition) is 1. The van der Waals surface area contributed by atoms with Crippen LogP contribution < -0.4 is 10.2 Å². The zero-order valence-electron chi connectivity index (χ0n) is 11.0. The summed E-state index contributed by atoms with van der Waals surface area (Å²) in [7, 11) is 0. The monoisotopic (exact) mass is 278 g/mol. The van der Waals surface area contributed by atoms with Gasteiger partial charge in [-0.3, -0.25) is 4.57 Å². The molecule has 6 heteroatoms. The average Bonchev–Trinajstić information content (AvgIpc) is 2.81. The summed E-state index contributed by atoms with van der Waals surface area (Å²) in [6.07, 6.45) is 2.74. The normalized spacial score (nSPS) is 15.2. The van der Waals surface area contributed by atoms with Gasteiger partial charge in [-0.1, -0.05) is 18.2 Å². The van der Waals surface area contributed by atoms with Crippen molar-refractivity contribution in [3.63, 3.8) is 0 Å². The van der Waals surface area contributed by atoms with E-state index in [1.807, 2.05) is 18.2 Å². The van der Waals surface area contributed by atoms with Crippen molar-refractivity contribution in [1.82, 2.24) is 14.9 Å². The van der Waals surface area contributed by atoms with Crippen molar-refractivity contribution in [3.8, 4) is 0 Å². The van der Waals surface area contributed by atoms with E-state index >= 15 is 0 Å². The van der Waals surface area contributed by atoms with Crippen LogP contribution in [0.3, 0.4) is 0 Å². The fourth-order valence-corrected chi connectivity index (χ4v) is 2.51. The zero-order valence-corrected chi connectivity index (χ0v) is 11.0. The van der Waals surface area contributed by atoms with Crippen LogP contribution in [0.4, 0.5) is 14.5 Å². The Morgan fingerprint density at radius 1 is 1.30 bits per heavy atom. The molecule has 0 bridgehead atoms. The van der Waals surface area contributed by atoms with Crippen molar-refractivity contribution in [1.29, 1.82) is 0 Å². The second kappa shape index (κ2) is 5.58. The summed E-state index contributed by atoms with van der Waals surface area (Å²) in [4.78, 5) is 6.15. The number of halogens is 2. The largest absolute Gasteiger partial charge is 0.363 e. The summed E-state index contributed by atoms with van der Waals surface area (Å²) in [5.41, 5.74) is 2.27. The highest BCUT2D eigenvalue weighted by atomic mass is 19.3. The molecule has 0 unspecified atom stereocenters. The summed E-state index contributed by atoms with van der Waals surface area (Å²) in [6.45, 7) is 0.233. The molecule has 0 atom stereocenters. The van der Waals surface area contributed by atoms with Crippen molar-refractivity contribution in [2.24, 2.45) is 0 Å². The van der Waals surface area contributed by atoms with E-state index in [2.05, 4.69) is 21.3 Å². The Labute approximate surface area is 116 Å². The maximum absolute atomic E-state index is 12.9. The standard InChI is InChI=1S/C14H16F2N4/c15-14(16)20-8-6-18-13(20)10-19-7-5-17-9-11-3-1-2-4-12(11)19/h1-4,6,8,14,17H,5,7,9-10H2. The van der Waals surface area contributed by atoms with E-state index in [1.54, 1.807) is 0 Å². The Hall–Kier alpha value is -1.95. The van der Waals surface area contributed by atoms with Crippen molar-refractivity contribution >= 4 is 5.69 Å². The minimum Gasteiger partial charge on any atom is -0.363 e. The lowest BCUT2D eigenvalue weighted by molar-refractivity contribution is 0.0670. The molecular weight excluding hydrogens is 262 g/mol. The second-order valence-corrected chi connectivity index (χ2v) is 4.76. The van der Waals surface area contributed by atoms with Gasteiger partial charge in [-0.15, -0.1) is 0 Å². The Kier molecular flexibility index (Phi) is 3.64. The molecule has 0 saturated carbocycles. The van der Waals surface area contributed by atoms with Crippen LogP contribution in [0, 0.1) is 0 Å². The van der Waals surface area contributed by atoms with E-state index in [4.69, 9.17) is 0 Å². The van der Waals surface area contributed by atoms with Crippen LogP contribution in [0.5, 0.6) is 0 Å². The van der Waals surface area contributed by atoms with Gasteiger partial charge in [-0.25, -0.2) is 4.98 Å². The van der Waals surface area contributed by atoms with Gasteiger partial charge < -0.3 is 10.2 Å². The highest BCUT2D eigenvalue weighted by Crippen LogP contribution is 2.24. The Morgan fingerprint density at radius 3 is 3.00 bits per heavy atom. The fraction of sp³-hybridized carbons (Fsp3) is 0.357. The van der Waals surface area contributed by atoms with Crippen LogP contribution in [-0.4, -0.2) is 22.6 Å². The van der Waals surface area contributed by atoms with E-state index in [1.165, 1.54) is 18.0 Å². The number of imidazole rings is 1. The molecule has 4 nitrogen and oxygen atoms in total. The van der Waals surface area contributed by atoms with Crippen molar-refractivity contribution in [2.75, 3.05) is 18.0 Å². The van der Waals surface area contributed by atoms with Gasteiger partial charge in [-0.05, 0) is 11.6 Å². The number of fused-ring (bicyclic) bond motifs is 1. The molecule has 1 aromatic heterocycles. The summed E-state index contributed by atoms with van der Waals surface area (Å²) in [6, 6.07) is 8.04. The van der Waals surface area contributed by atoms with Gasteiger partial charge in [-0.2, -0.15) is 8.78 Å². The predicted octanol–water partition coefficient (Wildman–Crippen LogP) is 2.39. The lowest BCUT2D eigenvalue weighted by Gasteiger charge is -2.24. The first-order valence-electron chi connectivity index (χ1n) is 6.59. The molecule has 1 aromatic carbocycles. The minimum absolute atomic E-state index is 0.385. The van der Waals surface area contributed by atoms with Crippen LogP contribution in [0.25, 0.3) is 0 Å². The number of nitrogens with one attached hydrogen (secondary N) is 1. The van der Waals surface area contributed by atoms with Crippen LogP contribution in [0.1, 0.15) is 17.9 Å². The van der Waals surface area contributed by atoms with Crippen LogP contribution in [0.2, 0.25) is 0 Å². The van der Waals surface area contributed by atoms with Crippen LogP contribution in [-0.2, 0) is 13.1 Å². The van der Waals surface area contributed by atoms with Gasteiger partial charge >= 0.3 is 6.55 Å². The highest BCUT2D eigenvalue weighted by Gasteiger charge is 2.18. The lowest BCUT2D eigenvalue weighted by Crippen LogP contribution is -2.29. The van der Waals surface area contributed by atoms with E-state index < -0.39 is 6.55 Å². The van der Waals surface area contributed by atoms with Crippen molar-refractivity contribution in [2.45, 2.75) is 19.6 Å². The van der Waals surface area contributed by atoms with E-state index in [0.717, 1.165) is 29.9 Å². The summed E-state index contributed by atoms with van der Waals surface area (Å²) in [5.74, 6) is 0.386. The molecule has 0 saturated heterocycles. The summed E-state index contributed by atoms with van der Waals surface area (Å²) < 4.78 is 26.7. The molecule has 0 amide bonds. The lowest BCUT2D eigenvalue weighted by atomic mass is 10.1. The average molecular weight is 278 g/mol. The number of hydrogen-bond acceptors (Lipinski definition) is 3. The molecule has 0 fully saturated rings. The summed E-state index contributed by atoms with van der Waals surface area (Å²) in [5, 5.41) is 3.33. The molecular formula is C14H16F2N4. The molecule has 0 aliphatic carbocycles. The first-order valence-corrected chi connectivity index (χ1v) is 6.59. The number of benzene rings is 1. The number of aromatic nitrogens is 2. The maximum atomic E-state index is 12.9. The number of alkyl halides is 2. The molecule has 1 aliphatic rings. The zero-order chi connectivity index (χ0) is 13.9.